The topological polar surface area (TPSA) is 51.2 Å². The van der Waals surface area contributed by atoms with Crippen LogP contribution in [-0.2, 0) is 22.5 Å². The van der Waals surface area contributed by atoms with E-state index in [4.69, 9.17) is 4.74 Å². The van der Waals surface area contributed by atoms with Crippen LogP contribution >= 0.6 is 0 Å². The van der Waals surface area contributed by atoms with E-state index in [1.165, 1.54) is 7.11 Å². The minimum absolute atomic E-state index is 0.199. The van der Waals surface area contributed by atoms with Crippen molar-refractivity contribution in [2.75, 3.05) is 7.11 Å². The van der Waals surface area contributed by atoms with Gasteiger partial charge in [-0.1, -0.05) is 30.3 Å². The molecular weight excluding hydrogens is 264 g/mol. The number of nitrogens with zero attached hydrogens (tertiary/aromatic N) is 1. The van der Waals surface area contributed by atoms with Crippen molar-refractivity contribution >= 4 is 5.97 Å². The fraction of sp³-hybridized carbons (Fsp3) is 0.294. The van der Waals surface area contributed by atoms with Gasteiger partial charge in [-0.05, 0) is 29.7 Å². The van der Waals surface area contributed by atoms with Gasteiger partial charge in [-0.15, -0.1) is 0 Å². The molecule has 1 N–H and O–H groups in total. The molecule has 0 fully saturated rings. The summed E-state index contributed by atoms with van der Waals surface area (Å²) in [5.41, 5.74) is 3.25. The van der Waals surface area contributed by atoms with Gasteiger partial charge >= 0.3 is 5.97 Å². The summed E-state index contributed by atoms with van der Waals surface area (Å²) in [6.07, 6.45) is 3.93. The number of carbonyl (C=O) groups is 1. The summed E-state index contributed by atoms with van der Waals surface area (Å²) in [5.74, 6) is -0.220. The van der Waals surface area contributed by atoms with Gasteiger partial charge in [-0.3, -0.25) is 9.78 Å². The fourth-order valence-electron chi connectivity index (χ4n) is 2.14. The van der Waals surface area contributed by atoms with E-state index >= 15 is 0 Å². The van der Waals surface area contributed by atoms with E-state index in [9.17, 15) is 4.79 Å². The average molecular weight is 284 g/mol. The van der Waals surface area contributed by atoms with Crippen LogP contribution in [0.5, 0.6) is 0 Å². The van der Waals surface area contributed by atoms with Crippen molar-refractivity contribution in [3.05, 3.63) is 65.5 Å². The highest BCUT2D eigenvalue weighted by Gasteiger charge is 2.09. The van der Waals surface area contributed by atoms with Crippen molar-refractivity contribution in [3.63, 3.8) is 0 Å². The molecular formula is C17H20N2O2. The number of nitrogens with one attached hydrogen (secondary N) is 1. The van der Waals surface area contributed by atoms with Crippen molar-refractivity contribution in [2.45, 2.75) is 25.9 Å². The first-order valence-electron chi connectivity index (χ1n) is 6.97. The van der Waals surface area contributed by atoms with E-state index in [0.29, 0.717) is 13.0 Å². The number of aromatic nitrogens is 1. The zero-order chi connectivity index (χ0) is 15.1. The standard InChI is InChI=1S/C17H20N2O2/c1-13(15-8-5-9-18-11-15)19-12-16-7-4-3-6-14(16)10-17(20)21-2/h3-9,11,13,19H,10,12H2,1-2H3/t13-/m1/s1. The average Bonchev–Trinajstić information content (AvgIpc) is 2.54. The molecule has 1 aromatic carbocycles. The maximum Gasteiger partial charge on any atom is 0.309 e. The van der Waals surface area contributed by atoms with Gasteiger partial charge in [0, 0.05) is 25.0 Å². The van der Waals surface area contributed by atoms with Gasteiger partial charge in [-0.2, -0.15) is 0 Å². The minimum Gasteiger partial charge on any atom is -0.469 e. The number of methoxy groups -OCH3 is 1. The molecule has 0 radical (unpaired) electrons. The molecule has 2 aromatic rings. The van der Waals surface area contributed by atoms with Crippen LogP contribution in [0.3, 0.4) is 0 Å². The Balaban J connectivity index is 2.01. The smallest absolute Gasteiger partial charge is 0.309 e. The third-order valence-corrected chi connectivity index (χ3v) is 3.46. The van der Waals surface area contributed by atoms with Gasteiger partial charge in [0.15, 0.2) is 0 Å². The molecule has 1 heterocycles. The Morgan fingerprint density at radius 3 is 2.67 bits per heavy atom. The molecule has 0 saturated carbocycles. The quantitative estimate of drug-likeness (QED) is 0.829. The summed E-state index contributed by atoms with van der Waals surface area (Å²) in [6, 6.07) is 12.1. The van der Waals surface area contributed by atoms with Crippen LogP contribution in [0.15, 0.2) is 48.8 Å². The molecule has 21 heavy (non-hydrogen) atoms. The molecule has 110 valence electrons. The predicted molar refractivity (Wildman–Crippen MR) is 81.7 cm³/mol. The molecule has 2 rings (SSSR count). The lowest BCUT2D eigenvalue weighted by Crippen LogP contribution is -2.19. The maximum atomic E-state index is 11.4. The van der Waals surface area contributed by atoms with Gasteiger partial charge in [0.05, 0.1) is 13.5 Å². The van der Waals surface area contributed by atoms with Crippen LogP contribution in [0.1, 0.15) is 29.7 Å². The number of carbonyl (C=O) groups excluding carboxylic acids is 1. The van der Waals surface area contributed by atoms with Gasteiger partial charge in [0.1, 0.15) is 0 Å². The number of pyridine rings is 1. The number of ether oxygens (including phenoxy) is 1. The lowest BCUT2D eigenvalue weighted by Gasteiger charge is -2.15. The number of benzene rings is 1. The Hall–Kier alpha value is -2.20. The molecule has 0 bridgehead atoms. The summed E-state index contributed by atoms with van der Waals surface area (Å²) in [7, 11) is 1.41. The van der Waals surface area contributed by atoms with Crippen LogP contribution in [0, 0.1) is 0 Å². The molecule has 0 aliphatic carbocycles. The molecule has 4 nitrogen and oxygen atoms in total. The lowest BCUT2D eigenvalue weighted by atomic mass is 10.0. The summed E-state index contributed by atoms with van der Waals surface area (Å²) in [4.78, 5) is 15.6. The van der Waals surface area contributed by atoms with Gasteiger partial charge < -0.3 is 10.1 Å². The molecule has 0 aliphatic heterocycles. The molecule has 0 spiro atoms. The second-order valence-electron chi connectivity index (χ2n) is 4.91. The molecule has 0 unspecified atom stereocenters. The fourth-order valence-corrected chi connectivity index (χ4v) is 2.14. The zero-order valence-electron chi connectivity index (χ0n) is 12.4. The highest BCUT2D eigenvalue weighted by atomic mass is 16.5. The highest BCUT2D eigenvalue weighted by molar-refractivity contribution is 5.72. The van der Waals surface area contributed by atoms with Crippen molar-refractivity contribution in [1.82, 2.24) is 10.3 Å². The van der Waals surface area contributed by atoms with Crippen molar-refractivity contribution in [3.8, 4) is 0 Å². The van der Waals surface area contributed by atoms with E-state index in [0.717, 1.165) is 16.7 Å². The molecule has 1 aromatic heterocycles. The Morgan fingerprint density at radius 1 is 1.24 bits per heavy atom. The Kier molecular flexibility index (Phi) is 5.46. The van der Waals surface area contributed by atoms with E-state index in [1.54, 1.807) is 6.20 Å². The van der Waals surface area contributed by atoms with Crippen LogP contribution in [-0.4, -0.2) is 18.1 Å². The van der Waals surface area contributed by atoms with Crippen molar-refractivity contribution < 1.29 is 9.53 Å². The van der Waals surface area contributed by atoms with Gasteiger partial charge in [0.25, 0.3) is 0 Å². The van der Waals surface area contributed by atoms with Crippen molar-refractivity contribution in [1.29, 1.82) is 0 Å². The summed E-state index contributed by atoms with van der Waals surface area (Å²) < 4.78 is 4.74. The molecule has 1 atom stereocenters. The van der Waals surface area contributed by atoms with Gasteiger partial charge in [-0.25, -0.2) is 0 Å². The molecule has 4 heteroatoms. The number of hydrogen-bond acceptors (Lipinski definition) is 4. The minimum atomic E-state index is -0.220. The van der Waals surface area contributed by atoms with Crippen LogP contribution < -0.4 is 5.32 Å². The van der Waals surface area contributed by atoms with Crippen LogP contribution in [0.2, 0.25) is 0 Å². The Labute approximate surface area is 125 Å². The summed E-state index contributed by atoms with van der Waals surface area (Å²) in [5, 5.41) is 3.45. The zero-order valence-corrected chi connectivity index (χ0v) is 12.4. The normalized spacial score (nSPS) is 11.9. The Bertz CT molecular complexity index is 584. The monoisotopic (exact) mass is 284 g/mol. The van der Waals surface area contributed by atoms with Crippen LogP contribution in [0.4, 0.5) is 0 Å². The summed E-state index contributed by atoms with van der Waals surface area (Å²) >= 11 is 0. The first kappa shape index (κ1) is 15.2. The van der Waals surface area contributed by atoms with Gasteiger partial charge in [0.2, 0.25) is 0 Å². The SMILES string of the molecule is COC(=O)Cc1ccccc1CN[C@H](C)c1cccnc1. The molecule has 0 amide bonds. The third kappa shape index (κ3) is 4.39. The van der Waals surface area contributed by atoms with E-state index in [-0.39, 0.29) is 12.0 Å². The second-order valence-corrected chi connectivity index (χ2v) is 4.91. The second kappa shape index (κ2) is 7.55. The summed E-state index contributed by atoms with van der Waals surface area (Å²) in [6.45, 7) is 2.79. The van der Waals surface area contributed by atoms with Crippen LogP contribution in [0.25, 0.3) is 0 Å². The first-order valence-corrected chi connectivity index (χ1v) is 6.97. The highest BCUT2D eigenvalue weighted by Crippen LogP contribution is 2.14. The predicted octanol–water partition coefficient (Wildman–Crippen LogP) is 2.65. The lowest BCUT2D eigenvalue weighted by molar-refractivity contribution is -0.139. The largest absolute Gasteiger partial charge is 0.469 e. The van der Waals surface area contributed by atoms with E-state index in [2.05, 4.69) is 17.2 Å². The molecule has 0 aliphatic rings. The van der Waals surface area contributed by atoms with E-state index < -0.39 is 0 Å². The third-order valence-electron chi connectivity index (χ3n) is 3.46. The Morgan fingerprint density at radius 2 is 2.00 bits per heavy atom. The molecule has 0 saturated heterocycles. The van der Waals surface area contributed by atoms with E-state index in [1.807, 2.05) is 42.6 Å². The number of hydrogen-bond donors (Lipinski definition) is 1. The number of esters is 1. The van der Waals surface area contributed by atoms with Crippen molar-refractivity contribution in [2.24, 2.45) is 0 Å². The first-order chi connectivity index (χ1) is 10.2. The maximum absolute atomic E-state index is 11.4. The number of rotatable bonds is 6.